The Kier molecular flexibility index (Phi) is 4.31. The van der Waals surface area contributed by atoms with Gasteiger partial charge in [0.25, 0.3) is 11.7 Å². The van der Waals surface area contributed by atoms with Gasteiger partial charge in [0.05, 0.1) is 11.8 Å². The third kappa shape index (κ3) is 2.79. The van der Waals surface area contributed by atoms with Crippen LogP contribution in [0.4, 0.5) is 5.69 Å². The summed E-state index contributed by atoms with van der Waals surface area (Å²) in [7, 11) is 0. The third-order valence-electron chi connectivity index (χ3n) is 4.98. The first-order valence-electron chi connectivity index (χ1n) is 8.81. The smallest absolute Gasteiger partial charge is 0.300 e. The molecule has 2 aromatic heterocycles. The number of aryl methyl sites for hydroxylation is 2. The van der Waals surface area contributed by atoms with Crippen LogP contribution >= 0.6 is 0 Å². The highest BCUT2D eigenvalue weighted by molar-refractivity contribution is 6.51. The van der Waals surface area contributed by atoms with Crippen molar-refractivity contribution in [2.24, 2.45) is 0 Å². The summed E-state index contributed by atoms with van der Waals surface area (Å²) in [5.41, 5.74) is 3.03. The summed E-state index contributed by atoms with van der Waals surface area (Å²) in [5, 5.41) is 10.9. The van der Waals surface area contributed by atoms with Crippen LogP contribution in [0.2, 0.25) is 0 Å². The van der Waals surface area contributed by atoms with Crippen molar-refractivity contribution in [3.63, 3.8) is 0 Å². The zero-order valence-corrected chi connectivity index (χ0v) is 15.4. The van der Waals surface area contributed by atoms with Crippen molar-refractivity contribution in [2.75, 3.05) is 4.90 Å². The maximum atomic E-state index is 12.9. The number of Topliss-reactive ketones (excluding diaryl/α,β-unsaturated/α-hetero) is 1. The number of furan rings is 1. The van der Waals surface area contributed by atoms with E-state index in [0.29, 0.717) is 17.0 Å². The molecule has 3 aromatic rings. The molecule has 0 spiro atoms. The number of hydrogen-bond acceptors (Lipinski definition) is 5. The Morgan fingerprint density at radius 1 is 1.07 bits per heavy atom. The lowest BCUT2D eigenvalue weighted by Gasteiger charge is -2.24. The lowest BCUT2D eigenvalue weighted by Crippen LogP contribution is -2.29. The third-order valence-corrected chi connectivity index (χ3v) is 4.98. The molecule has 3 heterocycles. The molecule has 1 fully saturated rings. The van der Waals surface area contributed by atoms with E-state index in [2.05, 4.69) is 4.98 Å². The van der Waals surface area contributed by atoms with Crippen LogP contribution in [0.15, 0.2) is 71.1 Å². The number of aliphatic hydroxyl groups is 1. The standard InChI is InChI=1S/C22H18N2O4/c1-13-5-6-16(12-14(13)2)24-19(17-4-3-11-28-17)18(21(26)22(24)27)20(25)15-7-9-23-10-8-15/h3-12,19,25H,1-2H3/b20-18-. The summed E-state index contributed by atoms with van der Waals surface area (Å²) in [6.07, 6.45) is 4.50. The Hall–Kier alpha value is -3.67. The molecule has 1 aromatic carbocycles. The van der Waals surface area contributed by atoms with Gasteiger partial charge >= 0.3 is 0 Å². The van der Waals surface area contributed by atoms with Crippen LogP contribution < -0.4 is 4.90 Å². The maximum absolute atomic E-state index is 12.9. The second-order valence-corrected chi connectivity index (χ2v) is 6.69. The van der Waals surface area contributed by atoms with Gasteiger partial charge in [-0.3, -0.25) is 19.5 Å². The van der Waals surface area contributed by atoms with E-state index in [1.165, 1.54) is 23.6 Å². The summed E-state index contributed by atoms with van der Waals surface area (Å²) in [6, 6.07) is 11.2. The molecule has 28 heavy (non-hydrogen) atoms. The molecule has 1 saturated heterocycles. The predicted molar refractivity (Wildman–Crippen MR) is 104 cm³/mol. The SMILES string of the molecule is Cc1ccc(N2C(=O)C(=O)/C(=C(\O)c3ccncc3)C2c2ccco2)cc1C. The predicted octanol–water partition coefficient (Wildman–Crippen LogP) is 3.92. The molecular weight excluding hydrogens is 356 g/mol. The molecule has 1 aliphatic heterocycles. The number of hydrogen-bond donors (Lipinski definition) is 1. The molecule has 1 amide bonds. The van der Waals surface area contributed by atoms with Gasteiger partial charge in [-0.1, -0.05) is 6.07 Å². The van der Waals surface area contributed by atoms with Gasteiger partial charge in [0.1, 0.15) is 17.6 Å². The topological polar surface area (TPSA) is 83.6 Å². The molecule has 1 aliphatic rings. The summed E-state index contributed by atoms with van der Waals surface area (Å²) in [5.74, 6) is -1.32. The van der Waals surface area contributed by atoms with E-state index in [-0.39, 0.29) is 11.3 Å². The zero-order chi connectivity index (χ0) is 19.8. The normalized spacial score (nSPS) is 18.6. The van der Waals surface area contributed by atoms with Gasteiger partial charge in [0, 0.05) is 23.6 Å². The second kappa shape index (κ2) is 6.81. The van der Waals surface area contributed by atoms with E-state index in [1.807, 2.05) is 26.0 Å². The quantitative estimate of drug-likeness (QED) is 0.427. The molecule has 0 saturated carbocycles. The van der Waals surface area contributed by atoms with Crippen LogP contribution in [0.3, 0.4) is 0 Å². The highest BCUT2D eigenvalue weighted by Crippen LogP contribution is 2.42. The van der Waals surface area contributed by atoms with Crippen LogP contribution in [0.25, 0.3) is 5.76 Å². The van der Waals surface area contributed by atoms with Crippen LogP contribution in [-0.2, 0) is 9.59 Å². The number of aromatic nitrogens is 1. The van der Waals surface area contributed by atoms with Crippen molar-refractivity contribution in [3.05, 3.63) is 89.1 Å². The average Bonchev–Trinajstić information content (AvgIpc) is 3.32. The van der Waals surface area contributed by atoms with Gasteiger partial charge in [-0.15, -0.1) is 0 Å². The van der Waals surface area contributed by atoms with Crippen molar-refractivity contribution in [1.82, 2.24) is 4.98 Å². The Bertz CT molecular complexity index is 1080. The lowest BCUT2D eigenvalue weighted by atomic mass is 9.99. The van der Waals surface area contributed by atoms with Crippen LogP contribution in [0.1, 0.15) is 28.5 Å². The lowest BCUT2D eigenvalue weighted by molar-refractivity contribution is -0.132. The molecule has 1 N–H and O–H groups in total. The van der Waals surface area contributed by atoms with Crippen LogP contribution in [-0.4, -0.2) is 21.8 Å². The minimum absolute atomic E-state index is 0.00984. The molecule has 4 rings (SSSR count). The van der Waals surface area contributed by atoms with E-state index in [4.69, 9.17) is 4.42 Å². The number of ketones is 1. The highest BCUT2D eigenvalue weighted by Gasteiger charge is 2.48. The summed E-state index contributed by atoms with van der Waals surface area (Å²) < 4.78 is 5.53. The zero-order valence-electron chi connectivity index (χ0n) is 15.4. The Morgan fingerprint density at radius 3 is 2.46 bits per heavy atom. The van der Waals surface area contributed by atoms with Gasteiger partial charge in [-0.25, -0.2) is 0 Å². The van der Waals surface area contributed by atoms with Gasteiger partial charge in [-0.05, 0) is 61.4 Å². The molecule has 0 aliphatic carbocycles. The molecule has 0 radical (unpaired) electrons. The number of carbonyl (C=O) groups is 2. The highest BCUT2D eigenvalue weighted by atomic mass is 16.3. The van der Waals surface area contributed by atoms with Crippen molar-refractivity contribution in [2.45, 2.75) is 19.9 Å². The number of anilines is 1. The number of benzene rings is 1. The van der Waals surface area contributed by atoms with Gasteiger partial charge in [0.15, 0.2) is 0 Å². The van der Waals surface area contributed by atoms with E-state index >= 15 is 0 Å². The molecule has 0 bridgehead atoms. The molecule has 6 nitrogen and oxygen atoms in total. The summed E-state index contributed by atoms with van der Waals surface area (Å²) >= 11 is 0. The molecular formula is C22H18N2O4. The maximum Gasteiger partial charge on any atom is 0.300 e. The van der Waals surface area contributed by atoms with Gasteiger partial charge in [0.2, 0.25) is 0 Å². The van der Waals surface area contributed by atoms with Crippen molar-refractivity contribution in [3.8, 4) is 0 Å². The van der Waals surface area contributed by atoms with Crippen LogP contribution in [0.5, 0.6) is 0 Å². The number of rotatable bonds is 3. The van der Waals surface area contributed by atoms with Crippen molar-refractivity contribution >= 4 is 23.1 Å². The second-order valence-electron chi connectivity index (χ2n) is 6.69. The number of carbonyl (C=O) groups excluding carboxylic acids is 2. The van der Waals surface area contributed by atoms with E-state index in [1.54, 1.807) is 30.3 Å². The molecule has 140 valence electrons. The fraction of sp³-hybridized carbons (Fsp3) is 0.136. The summed E-state index contributed by atoms with van der Waals surface area (Å²) in [4.78, 5) is 31.1. The number of aliphatic hydroxyl groups excluding tert-OH is 1. The Balaban J connectivity index is 1.93. The molecule has 1 unspecified atom stereocenters. The summed E-state index contributed by atoms with van der Waals surface area (Å²) in [6.45, 7) is 3.91. The van der Waals surface area contributed by atoms with Gasteiger partial charge in [-0.2, -0.15) is 0 Å². The number of amides is 1. The van der Waals surface area contributed by atoms with Crippen LogP contribution in [0, 0.1) is 13.8 Å². The van der Waals surface area contributed by atoms with E-state index < -0.39 is 17.7 Å². The van der Waals surface area contributed by atoms with Crippen molar-refractivity contribution < 1.29 is 19.1 Å². The fourth-order valence-electron chi connectivity index (χ4n) is 3.36. The Labute approximate surface area is 161 Å². The van der Waals surface area contributed by atoms with E-state index in [9.17, 15) is 14.7 Å². The molecule has 1 atom stereocenters. The van der Waals surface area contributed by atoms with E-state index in [0.717, 1.165) is 11.1 Å². The first kappa shape index (κ1) is 17.7. The monoisotopic (exact) mass is 374 g/mol. The Morgan fingerprint density at radius 2 is 1.82 bits per heavy atom. The van der Waals surface area contributed by atoms with Gasteiger partial charge < -0.3 is 9.52 Å². The minimum Gasteiger partial charge on any atom is -0.507 e. The molecule has 6 heteroatoms. The minimum atomic E-state index is -0.856. The number of pyridine rings is 1. The van der Waals surface area contributed by atoms with Crippen molar-refractivity contribution in [1.29, 1.82) is 0 Å². The largest absolute Gasteiger partial charge is 0.507 e. The average molecular weight is 374 g/mol. The first-order valence-corrected chi connectivity index (χ1v) is 8.81. The first-order chi connectivity index (χ1) is 13.5. The fourth-order valence-corrected chi connectivity index (χ4v) is 3.36. The number of nitrogens with zero attached hydrogens (tertiary/aromatic N) is 2.